The first kappa shape index (κ1) is 17.9. The van der Waals surface area contributed by atoms with Gasteiger partial charge in [0.05, 0.1) is 5.92 Å². The van der Waals surface area contributed by atoms with Crippen LogP contribution in [0.3, 0.4) is 0 Å². The van der Waals surface area contributed by atoms with Gasteiger partial charge >= 0.3 is 0 Å². The van der Waals surface area contributed by atoms with Crippen LogP contribution >= 0.6 is 0 Å². The number of carbonyl (C=O) groups excluding carboxylic acids is 2. The molecule has 1 unspecified atom stereocenters. The summed E-state index contributed by atoms with van der Waals surface area (Å²) in [5.74, 6) is 1.94. The van der Waals surface area contributed by atoms with Crippen molar-refractivity contribution in [3.63, 3.8) is 0 Å². The van der Waals surface area contributed by atoms with Crippen molar-refractivity contribution in [3.8, 4) is 0 Å². The Morgan fingerprint density at radius 1 is 1.24 bits per heavy atom. The average molecular weight is 347 g/mol. The van der Waals surface area contributed by atoms with Gasteiger partial charge in [-0.25, -0.2) is 4.98 Å². The maximum Gasteiger partial charge on any atom is 0.224 e. The minimum atomic E-state index is -0.0614. The highest BCUT2D eigenvalue weighted by molar-refractivity contribution is 5.84. The first-order valence-electron chi connectivity index (χ1n) is 9.50. The minimum Gasteiger partial charge on any atom is -0.356 e. The van der Waals surface area contributed by atoms with E-state index >= 15 is 0 Å². The Labute approximate surface area is 149 Å². The average Bonchev–Trinajstić information content (AvgIpc) is 3.21. The third-order valence-corrected chi connectivity index (χ3v) is 5.39. The van der Waals surface area contributed by atoms with Crippen molar-refractivity contribution in [1.29, 1.82) is 0 Å². The summed E-state index contributed by atoms with van der Waals surface area (Å²) in [6.07, 6.45) is 6.60. The lowest BCUT2D eigenvalue weighted by Crippen LogP contribution is -2.49. The largest absolute Gasteiger partial charge is 0.356 e. The van der Waals surface area contributed by atoms with E-state index in [-0.39, 0.29) is 17.7 Å². The first-order chi connectivity index (χ1) is 12.0. The second-order valence-electron chi connectivity index (χ2n) is 7.29. The number of carbonyl (C=O) groups is 2. The van der Waals surface area contributed by atoms with Crippen molar-refractivity contribution in [2.24, 2.45) is 5.92 Å². The standard InChI is InChI=1S/C18H29N5O2/c1-13-20-14(2)23(21-13)11-5-10-19-18(25)15-8-9-17(24)22(12-15)16-6-3-4-7-16/h15-16H,3-12H2,1-2H3,(H,19,25). The van der Waals surface area contributed by atoms with E-state index in [9.17, 15) is 9.59 Å². The van der Waals surface area contributed by atoms with Gasteiger partial charge in [0.1, 0.15) is 11.6 Å². The van der Waals surface area contributed by atoms with Crippen molar-refractivity contribution in [1.82, 2.24) is 25.0 Å². The van der Waals surface area contributed by atoms with E-state index in [1.807, 2.05) is 23.4 Å². The molecule has 1 saturated carbocycles. The Morgan fingerprint density at radius 2 is 2.00 bits per heavy atom. The molecule has 2 heterocycles. The SMILES string of the molecule is Cc1nc(C)n(CCCNC(=O)C2CCC(=O)N(C3CCCC3)C2)n1. The van der Waals surface area contributed by atoms with Crippen molar-refractivity contribution in [2.75, 3.05) is 13.1 Å². The van der Waals surface area contributed by atoms with Gasteiger partial charge in [0.25, 0.3) is 0 Å². The van der Waals surface area contributed by atoms with Gasteiger partial charge in [-0.15, -0.1) is 0 Å². The van der Waals surface area contributed by atoms with Crippen LogP contribution in [0.25, 0.3) is 0 Å². The summed E-state index contributed by atoms with van der Waals surface area (Å²) in [7, 11) is 0. The Hall–Kier alpha value is -1.92. The van der Waals surface area contributed by atoms with Gasteiger partial charge in [0.2, 0.25) is 11.8 Å². The second-order valence-corrected chi connectivity index (χ2v) is 7.29. The number of piperidine rings is 1. The topological polar surface area (TPSA) is 80.1 Å². The van der Waals surface area contributed by atoms with Crippen LogP contribution in [-0.2, 0) is 16.1 Å². The quantitative estimate of drug-likeness (QED) is 0.793. The number of amides is 2. The van der Waals surface area contributed by atoms with Crippen molar-refractivity contribution < 1.29 is 9.59 Å². The summed E-state index contributed by atoms with van der Waals surface area (Å²) < 4.78 is 1.88. The smallest absolute Gasteiger partial charge is 0.224 e. The summed E-state index contributed by atoms with van der Waals surface area (Å²) >= 11 is 0. The van der Waals surface area contributed by atoms with Crippen LogP contribution in [0.15, 0.2) is 0 Å². The highest BCUT2D eigenvalue weighted by atomic mass is 16.2. The van der Waals surface area contributed by atoms with E-state index in [2.05, 4.69) is 15.4 Å². The molecule has 1 N–H and O–H groups in total. The van der Waals surface area contributed by atoms with Gasteiger partial charge in [0, 0.05) is 32.1 Å². The Morgan fingerprint density at radius 3 is 2.68 bits per heavy atom. The fourth-order valence-electron chi connectivity index (χ4n) is 4.01. The molecule has 2 amide bonds. The molecule has 1 aliphatic heterocycles. The minimum absolute atomic E-state index is 0.0614. The number of nitrogens with zero attached hydrogens (tertiary/aromatic N) is 4. The summed E-state index contributed by atoms with van der Waals surface area (Å²) in [6.45, 7) is 5.80. The number of hydrogen-bond donors (Lipinski definition) is 1. The zero-order chi connectivity index (χ0) is 17.8. The zero-order valence-corrected chi connectivity index (χ0v) is 15.3. The lowest BCUT2D eigenvalue weighted by atomic mass is 9.95. The summed E-state index contributed by atoms with van der Waals surface area (Å²) in [5.41, 5.74) is 0. The van der Waals surface area contributed by atoms with Crippen molar-refractivity contribution in [3.05, 3.63) is 11.6 Å². The fraction of sp³-hybridized carbons (Fsp3) is 0.778. The van der Waals surface area contributed by atoms with Gasteiger partial charge in [0.15, 0.2) is 0 Å². The number of likely N-dealkylation sites (tertiary alicyclic amines) is 1. The van der Waals surface area contributed by atoms with Crippen LogP contribution in [0.2, 0.25) is 0 Å². The lowest BCUT2D eigenvalue weighted by Gasteiger charge is -2.36. The molecule has 1 aromatic heterocycles. The predicted molar refractivity (Wildman–Crippen MR) is 93.8 cm³/mol. The van der Waals surface area contributed by atoms with Crippen LogP contribution in [0.1, 0.15) is 56.6 Å². The number of hydrogen-bond acceptors (Lipinski definition) is 4. The Kier molecular flexibility index (Phi) is 5.71. The first-order valence-corrected chi connectivity index (χ1v) is 9.50. The van der Waals surface area contributed by atoms with Crippen LogP contribution in [0.4, 0.5) is 0 Å². The normalized spacial score (nSPS) is 21.8. The lowest BCUT2D eigenvalue weighted by molar-refractivity contribution is -0.140. The van der Waals surface area contributed by atoms with Crippen molar-refractivity contribution >= 4 is 11.8 Å². The van der Waals surface area contributed by atoms with Crippen LogP contribution < -0.4 is 5.32 Å². The number of rotatable bonds is 6. The van der Waals surface area contributed by atoms with E-state index in [0.717, 1.165) is 37.5 Å². The highest BCUT2D eigenvalue weighted by Gasteiger charge is 2.34. The Bertz CT molecular complexity index is 621. The van der Waals surface area contributed by atoms with Crippen LogP contribution in [-0.4, -0.2) is 50.6 Å². The third kappa shape index (κ3) is 4.38. The molecule has 1 saturated heterocycles. The summed E-state index contributed by atoms with van der Waals surface area (Å²) in [4.78, 5) is 30.9. The van der Waals surface area contributed by atoms with E-state index in [4.69, 9.17) is 0 Å². The van der Waals surface area contributed by atoms with Gasteiger partial charge in [-0.05, 0) is 39.5 Å². The molecule has 138 valence electrons. The molecule has 0 radical (unpaired) electrons. The fourth-order valence-corrected chi connectivity index (χ4v) is 4.01. The van der Waals surface area contributed by atoms with E-state index < -0.39 is 0 Å². The molecule has 1 atom stereocenters. The zero-order valence-electron chi connectivity index (χ0n) is 15.3. The van der Waals surface area contributed by atoms with E-state index in [1.54, 1.807) is 0 Å². The molecular weight excluding hydrogens is 318 g/mol. The van der Waals surface area contributed by atoms with Gasteiger partial charge in [-0.2, -0.15) is 5.10 Å². The second kappa shape index (κ2) is 7.97. The molecule has 2 fully saturated rings. The third-order valence-electron chi connectivity index (χ3n) is 5.39. The molecular formula is C18H29N5O2. The molecule has 25 heavy (non-hydrogen) atoms. The molecule has 1 aromatic rings. The summed E-state index contributed by atoms with van der Waals surface area (Å²) in [6, 6.07) is 0.363. The molecule has 0 spiro atoms. The maximum absolute atomic E-state index is 12.5. The van der Waals surface area contributed by atoms with Gasteiger partial charge in [-0.1, -0.05) is 12.8 Å². The molecule has 7 heteroatoms. The number of aromatic nitrogens is 3. The monoisotopic (exact) mass is 347 g/mol. The van der Waals surface area contributed by atoms with Gasteiger partial charge in [-0.3, -0.25) is 14.3 Å². The summed E-state index contributed by atoms with van der Waals surface area (Å²) in [5, 5.41) is 7.36. The van der Waals surface area contributed by atoms with Crippen LogP contribution in [0, 0.1) is 19.8 Å². The molecule has 0 bridgehead atoms. The number of aryl methyl sites for hydroxylation is 3. The predicted octanol–water partition coefficient (Wildman–Crippen LogP) is 1.58. The van der Waals surface area contributed by atoms with Crippen LogP contribution in [0.5, 0.6) is 0 Å². The molecule has 1 aliphatic carbocycles. The number of nitrogens with one attached hydrogen (secondary N) is 1. The molecule has 2 aliphatic rings. The highest BCUT2D eigenvalue weighted by Crippen LogP contribution is 2.28. The van der Waals surface area contributed by atoms with E-state index in [0.29, 0.717) is 32.0 Å². The molecule has 0 aromatic carbocycles. The molecule has 7 nitrogen and oxygen atoms in total. The Balaban J connectivity index is 1.43. The molecule has 3 rings (SSSR count). The maximum atomic E-state index is 12.5. The van der Waals surface area contributed by atoms with E-state index in [1.165, 1.54) is 12.8 Å². The van der Waals surface area contributed by atoms with Gasteiger partial charge < -0.3 is 10.2 Å². The van der Waals surface area contributed by atoms with Crippen molar-refractivity contribution in [2.45, 2.75) is 71.4 Å².